The van der Waals surface area contributed by atoms with E-state index in [9.17, 15) is 0 Å². The third kappa shape index (κ3) is 4.63. The second-order valence-electron chi connectivity index (χ2n) is 13.3. The molecule has 0 saturated heterocycles. The van der Waals surface area contributed by atoms with Gasteiger partial charge in [0.25, 0.3) is 0 Å². The molecular formula is C49H33N. The third-order valence-electron chi connectivity index (χ3n) is 10.5. The van der Waals surface area contributed by atoms with E-state index in [1.54, 1.807) is 0 Å². The molecule has 0 spiro atoms. The molecule has 1 aliphatic rings. The van der Waals surface area contributed by atoms with Crippen molar-refractivity contribution in [2.24, 2.45) is 0 Å². The maximum atomic E-state index is 2.41. The quantitative estimate of drug-likeness (QED) is 0.177. The van der Waals surface area contributed by atoms with Crippen LogP contribution in [0.4, 0.5) is 0 Å². The van der Waals surface area contributed by atoms with Crippen molar-refractivity contribution >= 4 is 21.8 Å². The van der Waals surface area contributed by atoms with Gasteiger partial charge in [0.05, 0.1) is 11.0 Å². The lowest BCUT2D eigenvalue weighted by molar-refractivity contribution is 1.02. The summed E-state index contributed by atoms with van der Waals surface area (Å²) in [4.78, 5) is 0. The molecule has 8 aromatic carbocycles. The topological polar surface area (TPSA) is 4.93 Å². The highest BCUT2D eigenvalue weighted by Gasteiger charge is 2.30. The number of nitrogens with zero attached hydrogens (tertiary/aromatic N) is 1. The van der Waals surface area contributed by atoms with Crippen LogP contribution in [-0.4, -0.2) is 4.57 Å². The molecule has 234 valence electrons. The first kappa shape index (κ1) is 28.6. The van der Waals surface area contributed by atoms with Gasteiger partial charge in [0.1, 0.15) is 0 Å². The van der Waals surface area contributed by atoms with E-state index in [0.29, 0.717) is 0 Å². The third-order valence-corrected chi connectivity index (χ3v) is 10.5. The summed E-state index contributed by atoms with van der Waals surface area (Å²) in [5.41, 5.74) is 17.8. The van der Waals surface area contributed by atoms with Crippen LogP contribution in [0.1, 0.15) is 22.6 Å². The van der Waals surface area contributed by atoms with Crippen molar-refractivity contribution in [1.82, 2.24) is 4.57 Å². The molecular weight excluding hydrogens is 603 g/mol. The molecule has 1 aliphatic carbocycles. The summed E-state index contributed by atoms with van der Waals surface area (Å²) in [7, 11) is 0. The molecule has 1 atom stereocenters. The molecule has 1 aromatic heterocycles. The van der Waals surface area contributed by atoms with Crippen molar-refractivity contribution in [3.8, 4) is 50.2 Å². The van der Waals surface area contributed by atoms with E-state index >= 15 is 0 Å². The molecule has 0 bridgehead atoms. The number of benzene rings is 8. The lowest BCUT2D eigenvalue weighted by atomic mass is 9.88. The SMILES string of the molecule is c1ccc(-c2ccc(C3c4ccccc4-c4cc(-c5ccc6c(c5)c5ccccc5n6-c5ccc(-c6ccccc6)cc5)ccc43)cc2)cc1. The molecule has 1 nitrogen and oxygen atoms in total. The average Bonchev–Trinajstić information content (AvgIpc) is 3.71. The van der Waals surface area contributed by atoms with Gasteiger partial charge in [0.2, 0.25) is 0 Å². The lowest BCUT2D eigenvalue weighted by Gasteiger charge is -2.15. The van der Waals surface area contributed by atoms with Gasteiger partial charge < -0.3 is 4.57 Å². The van der Waals surface area contributed by atoms with Crippen LogP contribution in [0.15, 0.2) is 194 Å². The highest BCUT2D eigenvalue weighted by atomic mass is 15.0. The zero-order valence-electron chi connectivity index (χ0n) is 27.5. The van der Waals surface area contributed by atoms with Crippen molar-refractivity contribution in [2.45, 2.75) is 5.92 Å². The van der Waals surface area contributed by atoms with Crippen LogP contribution in [0, 0.1) is 0 Å². The zero-order chi connectivity index (χ0) is 33.0. The number of aromatic nitrogens is 1. The largest absolute Gasteiger partial charge is 0.309 e. The van der Waals surface area contributed by atoms with E-state index in [-0.39, 0.29) is 5.92 Å². The number of hydrogen-bond donors (Lipinski definition) is 0. The Kier molecular flexibility index (Phi) is 6.63. The summed E-state index contributed by atoms with van der Waals surface area (Å²) in [6.07, 6.45) is 0. The Hall–Kier alpha value is -6.44. The Morgan fingerprint density at radius 1 is 0.320 bits per heavy atom. The molecule has 1 heterocycles. The summed E-state index contributed by atoms with van der Waals surface area (Å²) in [6, 6.07) is 71.1. The average molecular weight is 636 g/mol. The van der Waals surface area contributed by atoms with Crippen LogP contribution in [-0.2, 0) is 0 Å². The van der Waals surface area contributed by atoms with Gasteiger partial charge in [-0.2, -0.15) is 0 Å². The maximum Gasteiger partial charge on any atom is 0.0541 e. The monoisotopic (exact) mass is 635 g/mol. The van der Waals surface area contributed by atoms with Crippen molar-refractivity contribution in [2.75, 3.05) is 0 Å². The summed E-state index contributed by atoms with van der Waals surface area (Å²) < 4.78 is 2.40. The van der Waals surface area contributed by atoms with E-state index < -0.39 is 0 Å². The molecule has 0 fully saturated rings. The fourth-order valence-electron chi connectivity index (χ4n) is 8.10. The van der Waals surface area contributed by atoms with Gasteiger partial charge in [0.15, 0.2) is 0 Å². The standard InChI is InChI=1S/C49H33N/c1-3-11-33(12-4-1)35-19-21-37(22-20-35)49-43-17-8-7-15-41(43)45-31-38(25-29-44(45)49)39-26-30-48-46(32-39)42-16-9-10-18-47(42)50(48)40-27-23-36(24-28-40)34-13-5-2-6-14-34/h1-32,49H. The summed E-state index contributed by atoms with van der Waals surface area (Å²) >= 11 is 0. The number of para-hydroxylation sites is 1. The minimum absolute atomic E-state index is 0.216. The Balaban J connectivity index is 1.05. The normalized spacial score (nSPS) is 13.4. The second kappa shape index (κ2) is 11.6. The Bertz CT molecular complexity index is 2660. The minimum Gasteiger partial charge on any atom is -0.309 e. The van der Waals surface area contributed by atoms with Gasteiger partial charge in [-0.25, -0.2) is 0 Å². The molecule has 9 aromatic rings. The molecule has 0 saturated carbocycles. The van der Waals surface area contributed by atoms with E-state index in [4.69, 9.17) is 0 Å². The van der Waals surface area contributed by atoms with E-state index in [1.165, 1.54) is 88.7 Å². The van der Waals surface area contributed by atoms with E-state index in [1.807, 2.05) is 0 Å². The summed E-state index contributed by atoms with van der Waals surface area (Å²) in [5, 5.41) is 2.53. The molecule has 1 heteroatoms. The Labute approximate surface area is 292 Å². The van der Waals surface area contributed by atoms with Gasteiger partial charge in [-0.05, 0) is 97.6 Å². The van der Waals surface area contributed by atoms with Crippen LogP contribution in [0.2, 0.25) is 0 Å². The fraction of sp³-hybridized carbons (Fsp3) is 0.0204. The predicted octanol–water partition coefficient (Wildman–Crippen LogP) is 12.9. The van der Waals surface area contributed by atoms with Gasteiger partial charge in [0, 0.05) is 22.4 Å². The molecule has 0 N–H and O–H groups in total. The van der Waals surface area contributed by atoms with Crippen molar-refractivity contribution < 1.29 is 0 Å². The van der Waals surface area contributed by atoms with Gasteiger partial charge in [-0.3, -0.25) is 0 Å². The summed E-state index contributed by atoms with van der Waals surface area (Å²) in [5.74, 6) is 0.216. The van der Waals surface area contributed by atoms with Crippen LogP contribution in [0.3, 0.4) is 0 Å². The lowest BCUT2D eigenvalue weighted by Crippen LogP contribution is -1.99. The molecule has 1 unspecified atom stereocenters. The fourth-order valence-corrected chi connectivity index (χ4v) is 8.10. The van der Waals surface area contributed by atoms with E-state index in [0.717, 1.165) is 0 Å². The first-order valence-electron chi connectivity index (χ1n) is 17.4. The van der Waals surface area contributed by atoms with Crippen molar-refractivity contribution in [3.63, 3.8) is 0 Å². The zero-order valence-corrected chi connectivity index (χ0v) is 27.5. The highest BCUT2D eigenvalue weighted by Crippen LogP contribution is 2.49. The van der Waals surface area contributed by atoms with Crippen LogP contribution in [0.25, 0.3) is 72.0 Å². The van der Waals surface area contributed by atoms with Gasteiger partial charge in [-0.15, -0.1) is 0 Å². The van der Waals surface area contributed by atoms with Crippen molar-refractivity contribution in [3.05, 3.63) is 211 Å². The second-order valence-corrected chi connectivity index (χ2v) is 13.3. The molecule has 50 heavy (non-hydrogen) atoms. The molecule has 10 rings (SSSR count). The molecule has 0 aliphatic heterocycles. The smallest absolute Gasteiger partial charge is 0.0541 e. The highest BCUT2D eigenvalue weighted by molar-refractivity contribution is 6.10. The predicted molar refractivity (Wildman–Crippen MR) is 210 cm³/mol. The molecule has 0 amide bonds. The van der Waals surface area contributed by atoms with Crippen molar-refractivity contribution in [1.29, 1.82) is 0 Å². The Morgan fingerprint density at radius 2 is 0.840 bits per heavy atom. The van der Waals surface area contributed by atoms with Gasteiger partial charge >= 0.3 is 0 Å². The Morgan fingerprint density at radius 3 is 1.58 bits per heavy atom. The van der Waals surface area contributed by atoms with E-state index in [2.05, 4.69) is 199 Å². The molecule has 0 radical (unpaired) electrons. The number of rotatable bonds is 5. The van der Waals surface area contributed by atoms with Gasteiger partial charge in [-0.1, -0.05) is 158 Å². The first-order chi connectivity index (χ1) is 24.8. The summed E-state index contributed by atoms with van der Waals surface area (Å²) in [6.45, 7) is 0. The van der Waals surface area contributed by atoms with Crippen LogP contribution in [0.5, 0.6) is 0 Å². The van der Waals surface area contributed by atoms with Crippen LogP contribution >= 0.6 is 0 Å². The number of fused-ring (bicyclic) bond motifs is 6. The number of hydrogen-bond acceptors (Lipinski definition) is 0. The first-order valence-corrected chi connectivity index (χ1v) is 17.4. The van der Waals surface area contributed by atoms with Crippen LogP contribution < -0.4 is 0 Å². The maximum absolute atomic E-state index is 2.41. The minimum atomic E-state index is 0.216.